The van der Waals surface area contributed by atoms with Gasteiger partial charge in [-0.2, -0.15) is 0 Å². The molecule has 0 bridgehead atoms. The van der Waals surface area contributed by atoms with Crippen molar-refractivity contribution in [2.24, 2.45) is 4.99 Å². The van der Waals surface area contributed by atoms with Gasteiger partial charge in [0.05, 0.1) is 18.3 Å². The predicted octanol–water partition coefficient (Wildman–Crippen LogP) is 4.23. The van der Waals surface area contributed by atoms with Crippen LogP contribution in [0.2, 0.25) is 0 Å². The maximum atomic E-state index is 6.13. The Kier molecular flexibility index (Phi) is 6.36. The van der Waals surface area contributed by atoms with Crippen molar-refractivity contribution in [3.05, 3.63) is 65.6 Å². The Morgan fingerprint density at radius 3 is 2.79 bits per heavy atom. The van der Waals surface area contributed by atoms with E-state index in [2.05, 4.69) is 64.1 Å². The van der Waals surface area contributed by atoms with Gasteiger partial charge in [-0.1, -0.05) is 24.3 Å². The third-order valence-electron chi connectivity index (χ3n) is 5.09. The van der Waals surface area contributed by atoms with Gasteiger partial charge in [-0.3, -0.25) is 4.99 Å². The molecule has 0 radical (unpaired) electrons. The molecule has 1 aliphatic heterocycles. The molecule has 3 aromatic rings. The van der Waals surface area contributed by atoms with Crippen LogP contribution in [0.1, 0.15) is 43.3 Å². The Labute approximate surface area is 188 Å². The van der Waals surface area contributed by atoms with Crippen LogP contribution in [0.25, 0.3) is 5.65 Å². The number of guanidine groups is 1. The minimum atomic E-state index is -0.232. The zero-order valence-electron chi connectivity index (χ0n) is 17.3. The van der Waals surface area contributed by atoms with E-state index >= 15 is 0 Å². The Hall–Kier alpha value is -2.29. The molecule has 6 nitrogen and oxygen atoms in total. The van der Waals surface area contributed by atoms with Gasteiger partial charge in [0.1, 0.15) is 17.0 Å². The summed E-state index contributed by atoms with van der Waals surface area (Å²) in [4.78, 5) is 9.09. The van der Waals surface area contributed by atoms with Crippen LogP contribution in [0, 0.1) is 6.92 Å². The summed E-state index contributed by atoms with van der Waals surface area (Å²) in [6.45, 7) is 6.92. The van der Waals surface area contributed by atoms with E-state index in [1.54, 1.807) is 7.05 Å². The number of nitrogens with zero attached hydrogens (tertiary/aromatic N) is 3. The molecule has 0 spiro atoms. The Morgan fingerprint density at radius 2 is 2.03 bits per heavy atom. The molecule has 0 saturated carbocycles. The van der Waals surface area contributed by atoms with Crippen molar-refractivity contribution in [3.8, 4) is 5.75 Å². The highest BCUT2D eigenvalue weighted by Gasteiger charge is 2.33. The first-order valence-corrected chi connectivity index (χ1v) is 9.64. The molecule has 154 valence electrons. The Bertz CT molecular complexity index is 1030. The average molecular weight is 505 g/mol. The minimum Gasteiger partial charge on any atom is -0.487 e. The third kappa shape index (κ3) is 4.66. The molecule has 1 atom stereocenters. The number of aliphatic imine (C=N–C) groups is 1. The summed E-state index contributed by atoms with van der Waals surface area (Å²) in [6, 6.07) is 14.5. The Balaban J connectivity index is 0.00000240. The standard InChI is InChI=1S/C22H27N5O.HI/c1-15-8-7-11-20-25-16(14-27(15)20)13-24-21(23-4)26-18-12-22(2,3)28-19-10-6-5-9-17(18)19;/h5-11,14,18H,12-13H2,1-4H3,(H2,23,24,26);1H. The van der Waals surface area contributed by atoms with E-state index in [1.165, 1.54) is 5.69 Å². The first-order chi connectivity index (χ1) is 13.4. The van der Waals surface area contributed by atoms with Crippen LogP contribution in [0.5, 0.6) is 5.75 Å². The van der Waals surface area contributed by atoms with Crippen molar-refractivity contribution < 1.29 is 4.74 Å². The summed E-state index contributed by atoms with van der Waals surface area (Å²) in [7, 11) is 1.79. The van der Waals surface area contributed by atoms with Crippen molar-refractivity contribution in [2.45, 2.75) is 45.4 Å². The lowest BCUT2D eigenvalue weighted by Crippen LogP contribution is -2.45. The van der Waals surface area contributed by atoms with E-state index in [0.717, 1.165) is 35.0 Å². The number of benzene rings is 1. The number of aromatic nitrogens is 2. The maximum absolute atomic E-state index is 6.13. The highest BCUT2D eigenvalue weighted by molar-refractivity contribution is 14.0. The zero-order valence-corrected chi connectivity index (χ0v) is 19.6. The number of nitrogens with one attached hydrogen (secondary N) is 2. The molecule has 0 fully saturated rings. The van der Waals surface area contributed by atoms with E-state index in [1.807, 2.05) is 30.3 Å². The predicted molar refractivity (Wildman–Crippen MR) is 127 cm³/mol. The largest absolute Gasteiger partial charge is 0.487 e. The number of fused-ring (bicyclic) bond motifs is 2. The van der Waals surface area contributed by atoms with Crippen LogP contribution in [-0.2, 0) is 6.54 Å². The van der Waals surface area contributed by atoms with Gasteiger partial charge >= 0.3 is 0 Å². The normalized spacial score (nSPS) is 17.8. The summed E-state index contributed by atoms with van der Waals surface area (Å²) in [5.74, 6) is 1.69. The zero-order chi connectivity index (χ0) is 19.7. The molecule has 0 saturated heterocycles. The van der Waals surface area contributed by atoms with Crippen LogP contribution in [0.4, 0.5) is 0 Å². The van der Waals surface area contributed by atoms with E-state index in [4.69, 9.17) is 4.74 Å². The number of rotatable bonds is 3. The summed E-state index contributed by atoms with van der Waals surface area (Å²) in [5.41, 5.74) is 4.03. The van der Waals surface area contributed by atoms with Crippen LogP contribution in [0.15, 0.2) is 53.7 Å². The number of hydrogen-bond donors (Lipinski definition) is 2. The van der Waals surface area contributed by atoms with Crippen molar-refractivity contribution in [1.29, 1.82) is 0 Å². The lowest BCUT2D eigenvalue weighted by molar-refractivity contribution is 0.0694. The molecular formula is C22H28IN5O. The van der Waals surface area contributed by atoms with E-state index in [-0.39, 0.29) is 35.6 Å². The first-order valence-electron chi connectivity index (χ1n) is 9.64. The second-order valence-electron chi connectivity index (χ2n) is 7.85. The number of para-hydroxylation sites is 1. The maximum Gasteiger partial charge on any atom is 0.191 e. The number of pyridine rings is 1. The third-order valence-corrected chi connectivity index (χ3v) is 5.09. The number of ether oxygens (including phenoxy) is 1. The fourth-order valence-corrected chi connectivity index (χ4v) is 3.75. The highest BCUT2D eigenvalue weighted by atomic mass is 127. The second-order valence-corrected chi connectivity index (χ2v) is 7.85. The molecule has 7 heteroatoms. The molecule has 2 aromatic heterocycles. The average Bonchev–Trinajstić information content (AvgIpc) is 3.08. The van der Waals surface area contributed by atoms with E-state index in [0.29, 0.717) is 6.54 Å². The van der Waals surface area contributed by atoms with Gasteiger partial charge in [0, 0.05) is 30.9 Å². The summed E-state index contributed by atoms with van der Waals surface area (Å²) in [5, 5.41) is 6.95. The number of halogens is 1. The van der Waals surface area contributed by atoms with Gasteiger partial charge in [-0.25, -0.2) is 4.98 Å². The molecule has 1 aliphatic rings. The Morgan fingerprint density at radius 1 is 1.24 bits per heavy atom. The van der Waals surface area contributed by atoms with Crippen molar-refractivity contribution >= 4 is 35.6 Å². The van der Waals surface area contributed by atoms with E-state index in [9.17, 15) is 0 Å². The lowest BCUT2D eigenvalue weighted by atomic mass is 9.90. The molecule has 1 unspecified atom stereocenters. The highest BCUT2D eigenvalue weighted by Crippen LogP contribution is 2.39. The van der Waals surface area contributed by atoms with Gasteiger partial charge in [0.2, 0.25) is 0 Å². The van der Waals surface area contributed by atoms with Gasteiger partial charge in [-0.05, 0) is 39.0 Å². The number of imidazole rings is 1. The van der Waals surface area contributed by atoms with Crippen LogP contribution in [-0.4, -0.2) is 28.0 Å². The van der Waals surface area contributed by atoms with Crippen molar-refractivity contribution in [2.75, 3.05) is 7.05 Å². The molecule has 29 heavy (non-hydrogen) atoms. The molecular weight excluding hydrogens is 477 g/mol. The monoisotopic (exact) mass is 505 g/mol. The number of aryl methyl sites for hydroxylation is 1. The molecule has 4 rings (SSSR count). The quantitative estimate of drug-likeness (QED) is 0.318. The van der Waals surface area contributed by atoms with Crippen molar-refractivity contribution in [1.82, 2.24) is 20.0 Å². The molecule has 3 heterocycles. The van der Waals surface area contributed by atoms with Gasteiger partial charge in [0.15, 0.2) is 5.96 Å². The lowest BCUT2D eigenvalue weighted by Gasteiger charge is -2.38. The summed E-state index contributed by atoms with van der Waals surface area (Å²) in [6.07, 6.45) is 2.93. The molecule has 0 amide bonds. The molecule has 0 aliphatic carbocycles. The fraction of sp³-hybridized carbons (Fsp3) is 0.364. The second kappa shape index (κ2) is 8.61. The summed E-state index contributed by atoms with van der Waals surface area (Å²) < 4.78 is 8.23. The van der Waals surface area contributed by atoms with E-state index < -0.39 is 0 Å². The fourth-order valence-electron chi connectivity index (χ4n) is 3.75. The minimum absolute atomic E-state index is 0. The summed E-state index contributed by atoms with van der Waals surface area (Å²) >= 11 is 0. The topological polar surface area (TPSA) is 63.0 Å². The van der Waals surface area contributed by atoms with Gasteiger partial charge in [0.25, 0.3) is 0 Å². The van der Waals surface area contributed by atoms with Gasteiger partial charge < -0.3 is 19.8 Å². The van der Waals surface area contributed by atoms with Crippen molar-refractivity contribution in [3.63, 3.8) is 0 Å². The van der Waals surface area contributed by atoms with Crippen LogP contribution in [0.3, 0.4) is 0 Å². The SMILES string of the molecule is CN=C(NCc1cn2c(C)cccc2n1)NC1CC(C)(C)Oc2ccccc21.I. The molecule has 1 aromatic carbocycles. The van der Waals surface area contributed by atoms with Gasteiger partial charge in [-0.15, -0.1) is 24.0 Å². The van der Waals surface area contributed by atoms with Crippen LogP contribution >= 0.6 is 24.0 Å². The number of hydrogen-bond acceptors (Lipinski definition) is 3. The molecule has 2 N–H and O–H groups in total. The smallest absolute Gasteiger partial charge is 0.191 e. The first kappa shape index (κ1) is 21.4. The van der Waals surface area contributed by atoms with Crippen LogP contribution < -0.4 is 15.4 Å².